The van der Waals surface area contributed by atoms with Crippen LogP contribution in [-0.2, 0) is 0 Å². The summed E-state index contributed by atoms with van der Waals surface area (Å²) in [5.74, 6) is -0.757. The van der Waals surface area contributed by atoms with Crippen molar-refractivity contribution in [2.45, 2.75) is 0 Å². The predicted octanol–water partition coefficient (Wildman–Crippen LogP) is 3.98. The predicted molar refractivity (Wildman–Crippen MR) is 63.9 cm³/mol. The van der Waals surface area contributed by atoms with Gasteiger partial charge in [0.1, 0.15) is 11.6 Å². The van der Waals surface area contributed by atoms with E-state index in [9.17, 15) is 8.78 Å². The van der Waals surface area contributed by atoms with Crippen molar-refractivity contribution in [1.82, 2.24) is 0 Å². The first-order valence-corrected chi connectivity index (χ1v) is 5.37. The van der Waals surface area contributed by atoms with Gasteiger partial charge in [-0.3, -0.25) is 0 Å². The fourth-order valence-corrected chi connectivity index (χ4v) is 1.93. The van der Waals surface area contributed by atoms with E-state index in [-0.39, 0.29) is 5.82 Å². The Kier molecular flexibility index (Phi) is 2.92. The lowest BCUT2D eigenvalue weighted by Gasteiger charge is -2.06. The van der Waals surface area contributed by atoms with Crippen molar-refractivity contribution < 1.29 is 8.78 Å². The molecule has 0 saturated heterocycles. The van der Waals surface area contributed by atoms with Crippen LogP contribution in [-0.4, -0.2) is 0 Å². The third-order valence-corrected chi connectivity index (χ3v) is 2.78. The number of hydrogen-bond acceptors (Lipinski definition) is 1. The fraction of sp³-hybridized carbons (Fsp3) is 0. The topological polar surface area (TPSA) is 26.0 Å². The number of hydrogen-bond donors (Lipinski definition) is 1. The molecule has 0 spiro atoms. The van der Waals surface area contributed by atoms with Gasteiger partial charge in [0.25, 0.3) is 0 Å². The molecule has 0 atom stereocenters. The van der Waals surface area contributed by atoms with Gasteiger partial charge in [0.05, 0.1) is 4.47 Å². The summed E-state index contributed by atoms with van der Waals surface area (Å²) >= 11 is 3.08. The second-order valence-corrected chi connectivity index (χ2v) is 4.23. The molecular weight excluding hydrogens is 276 g/mol. The summed E-state index contributed by atoms with van der Waals surface area (Å²) in [6.45, 7) is 0. The van der Waals surface area contributed by atoms with Crippen LogP contribution in [0.15, 0.2) is 40.9 Å². The van der Waals surface area contributed by atoms with Gasteiger partial charge in [0.2, 0.25) is 0 Å². The highest BCUT2D eigenvalue weighted by atomic mass is 79.9. The van der Waals surface area contributed by atoms with Crippen LogP contribution in [0.4, 0.5) is 14.5 Å². The van der Waals surface area contributed by atoms with Gasteiger partial charge in [-0.15, -0.1) is 0 Å². The normalized spacial score (nSPS) is 10.4. The smallest absolute Gasteiger partial charge is 0.145 e. The Labute approximate surface area is 100 Å². The van der Waals surface area contributed by atoms with Gasteiger partial charge >= 0.3 is 0 Å². The zero-order valence-corrected chi connectivity index (χ0v) is 9.76. The van der Waals surface area contributed by atoms with E-state index in [0.29, 0.717) is 21.3 Å². The Morgan fingerprint density at radius 3 is 2.25 bits per heavy atom. The van der Waals surface area contributed by atoms with Gasteiger partial charge in [-0.05, 0) is 45.8 Å². The van der Waals surface area contributed by atoms with Gasteiger partial charge in [0, 0.05) is 11.3 Å². The number of benzene rings is 2. The van der Waals surface area contributed by atoms with Crippen molar-refractivity contribution in [2.75, 3.05) is 5.73 Å². The van der Waals surface area contributed by atoms with Crippen molar-refractivity contribution in [3.63, 3.8) is 0 Å². The van der Waals surface area contributed by atoms with Crippen LogP contribution in [0, 0.1) is 11.6 Å². The van der Waals surface area contributed by atoms with Gasteiger partial charge in [-0.25, -0.2) is 8.78 Å². The summed E-state index contributed by atoms with van der Waals surface area (Å²) in [6.07, 6.45) is 0. The fourth-order valence-electron chi connectivity index (χ4n) is 1.45. The van der Waals surface area contributed by atoms with Gasteiger partial charge in [-0.1, -0.05) is 12.1 Å². The molecule has 2 aromatic rings. The van der Waals surface area contributed by atoms with Crippen LogP contribution in [0.5, 0.6) is 0 Å². The van der Waals surface area contributed by atoms with Gasteiger partial charge in [0.15, 0.2) is 0 Å². The summed E-state index contributed by atoms with van der Waals surface area (Å²) < 4.78 is 26.8. The first kappa shape index (κ1) is 11.1. The quantitative estimate of drug-likeness (QED) is 0.788. The van der Waals surface area contributed by atoms with E-state index in [1.165, 1.54) is 36.4 Å². The van der Waals surface area contributed by atoms with Crippen molar-refractivity contribution in [3.05, 3.63) is 52.5 Å². The number of nitrogens with two attached hydrogens (primary N) is 1. The second-order valence-electron chi connectivity index (χ2n) is 3.37. The largest absolute Gasteiger partial charge is 0.399 e. The van der Waals surface area contributed by atoms with Crippen molar-refractivity contribution in [3.8, 4) is 11.1 Å². The van der Waals surface area contributed by atoms with Gasteiger partial charge < -0.3 is 5.73 Å². The average Bonchev–Trinajstić information content (AvgIpc) is 2.25. The highest BCUT2D eigenvalue weighted by molar-refractivity contribution is 9.10. The molecule has 0 heterocycles. The molecule has 0 amide bonds. The minimum atomic E-state index is -0.402. The SMILES string of the molecule is Nc1cc(Br)c(F)c(-c2ccc(F)cc2)c1. The maximum absolute atomic E-state index is 13.8. The molecule has 2 rings (SSSR count). The number of rotatable bonds is 1. The zero-order chi connectivity index (χ0) is 11.7. The number of nitrogen functional groups attached to an aromatic ring is 1. The van der Waals surface area contributed by atoms with Crippen LogP contribution >= 0.6 is 15.9 Å². The van der Waals surface area contributed by atoms with E-state index in [2.05, 4.69) is 15.9 Å². The molecule has 0 aliphatic rings. The molecule has 2 N–H and O–H groups in total. The van der Waals surface area contributed by atoms with Crippen LogP contribution in [0.3, 0.4) is 0 Å². The lowest BCUT2D eigenvalue weighted by atomic mass is 10.0. The van der Waals surface area contributed by atoms with E-state index in [4.69, 9.17) is 5.73 Å². The van der Waals surface area contributed by atoms with E-state index < -0.39 is 5.82 Å². The summed E-state index contributed by atoms with van der Waals surface area (Å²) in [6, 6.07) is 8.60. The van der Waals surface area contributed by atoms with Crippen LogP contribution in [0.1, 0.15) is 0 Å². The Hall–Kier alpha value is -1.42. The molecule has 0 aliphatic carbocycles. The molecule has 2 aromatic carbocycles. The summed E-state index contributed by atoms with van der Waals surface area (Å²) in [5, 5.41) is 0. The van der Waals surface area contributed by atoms with E-state index in [1.54, 1.807) is 0 Å². The summed E-state index contributed by atoms with van der Waals surface area (Å²) in [5.41, 5.74) is 7.02. The minimum absolute atomic E-state index is 0.298. The van der Waals surface area contributed by atoms with E-state index in [1.807, 2.05) is 0 Å². The van der Waals surface area contributed by atoms with Crippen LogP contribution < -0.4 is 5.73 Å². The summed E-state index contributed by atoms with van der Waals surface area (Å²) in [7, 11) is 0. The molecular formula is C12H8BrF2N. The first-order valence-electron chi connectivity index (χ1n) is 4.58. The molecule has 0 unspecified atom stereocenters. The Morgan fingerprint density at radius 1 is 1.00 bits per heavy atom. The lowest BCUT2D eigenvalue weighted by Crippen LogP contribution is -1.91. The summed E-state index contributed by atoms with van der Waals surface area (Å²) in [4.78, 5) is 0. The zero-order valence-electron chi connectivity index (χ0n) is 8.18. The Balaban J connectivity index is 2.59. The highest BCUT2D eigenvalue weighted by Gasteiger charge is 2.09. The van der Waals surface area contributed by atoms with Crippen molar-refractivity contribution in [1.29, 1.82) is 0 Å². The molecule has 4 heteroatoms. The van der Waals surface area contributed by atoms with Crippen LogP contribution in [0.25, 0.3) is 11.1 Å². The standard InChI is InChI=1S/C12H8BrF2N/c13-11-6-9(16)5-10(12(11)15)7-1-3-8(14)4-2-7/h1-6H,16H2. The lowest BCUT2D eigenvalue weighted by molar-refractivity contribution is 0.622. The first-order chi connectivity index (χ1) is 7.58. The Bertz CT molecular complexity index is 523. The molecule has 0 fully saturated rings. The molecule has 1 nitrogen and oxygen atoms in total. The maximum atomic E-state index is 13.8. The van der Waals surface area contributed by atoms with Crippen molar-refractivity contribution in [2.24, 2.45) is 0 Å². The molecule has 0 radical (unpaired) electrons. The number of anilines is 1. The second kappa shape index (κ2) is 4.22. The van der Waals surface area contributed by atoms with Gasteiger partial charge in [-0.2, -0.15) is 0 Å². The monoisotopic (exact) mass is 283 g/mol. The highest BCUT2D eigenvalue weighted by Crippen LogP contribution is 2.30. The molecule has 16 heavy (non-hydrogen) atoms. The third-order valence-electron chi connectivity index (χ3n) is 2.21. The molecule has 82 valence electrons. The third kappa shape index (κ3) is 2.07. The average molecular weight is 284 g/mol. The minimum Gasteiger partial charge on any atom is -0.399 e. The van der Waals surface area contributed by atoms with E-state index in [0.717, 1.165) is 0 Å². The molecule has 0 saturated carbocycles. The molecule has 0 aliphatic heterocycles. The van der Waals surface area contributed by atoms with Crippen molar-refractivity contribution >= 4 is 21.6 Å². The van der Waals surface area contributed by atoms with E-state index >= 15 is 0 Å². The maximum Gasteiger partial charge on any atom is 0.145 e. The molecule has 0 aromatic heterocycles. The number of halogens is 3. The molecule has 0 bridgehead atoms. The Morgan fingerprint density at radius 2 is 1.62 bits per heavy atom. The van der Waals surface area contributed by atoms with Crippen LogP contribution in [0.2, 0.25) is 0 Å².